The normalized spacial score (nSPS) is 9.82. The zero-order valence-corrected chi connectivity index (χ0v) is 10.7. The third-order valence-electron chi connectivity index (χ3n) is 2.32. The van der Waals surface area contributed by atoms with E-state index in [2.05, 4.69) is 5.32 Å². The van der Waals surface area contributed by atoms with Crippen LogP contribution in [-0.2, 0) is 11.2 Å². The van der Waals surface area contributed by atoms with Crippen LogP contribution in [0.5, 0.6) is 11.5 Å². The summed E-state index contributed by atoms with van der Waals surface area (Å²) in [5.74, 6) is 1.20. The van der Waals surface area contributed by atoms with E-state index < -0.39 is 0 Å². The lowest BCUT2D eigenvalue weighted by Gasteiger charge is -2.12. The number of amides is 1. The Kier molecular flexibility index (Phi) is 5.63. The third-order valence-corrected chi connectivity index (χ3v) is 2.57. The van der Waals surface area contributed by atoms with E-state index in [1.54, 1.807) is 14.2 Å². The Morgan fingerprint density at radius 1 is 1.35 bits per heavy atom. The van der Waals surface area contributed by atoms with Crippen LogP contribution in [0.4, 0.5) is 0 Å². The molecule has 1 rings (SSSR count). The number of carbonyl (C=O) groups excluding carboxylic acids is 1. The second kappa shape index (κ2) is 7.01. The highest BCUT2D eigenvalue weighted by atomic mass is 35.5. The molecule has 0 saturated heterocycles. The molecule has 0 bridgehead atoms. The van der Waals surface area contributed by atoms with Crippen LogP contribution in [0.1, 0.15) is 5.56 Å². The summed E-state index contributed by atoms with van der Waals surface area (Å²) >= 11 is 5.38. The zero-order chi connectivity index (χ0) is 12.7. The second-order valence-corrected chi connectivity index (χ2v) is 3.65. The Morgan fingerprint density at radius 2 is 2.12 bits per heavy atom. The highest BCUT2D eigenvalue weighted by Crippen LogP contribution is 2.30. The summed E-state index contributed by atoms with van der Waals surface area (Å²) in [5, 5.41) is 2.70. The summed E-state index contributed by atoms with van der Waals surface area (Å²) in [5.41, 5.74) is 0.988. The second-order valence-electron chi connectivity index (χ2n) is 3.39. The topological polar surface area (TPSA) is 47.6 Å². The average molecular weight is 258 g/mol. The quantitative estimate of drug-likeness (QED) is 0.788. The van der Waals surface area contributed by atoms with Crippen LogP contribution in [-0.4, -0.2) is 32.6 Å². The van der Waals surface area contributed by atoms with Crippen molar-refractivity contribution in [3.63, 3.8) is 0 Å². The summed E-state index contributed by atoms with van der Waals surface area (Å²) in [6.45, 7) is 0.523. The Morgan fingerprint density at radius 3 is 2.71 bits per heavy atom. The lowest BCUT2D eigenvalue weighted by Crippen LogP contribution is -2.26. The van der Waals surface area contributed by atoms with Gasteiger partial charge in [-0.3, -0.25) is 4.79 Å². The van der Waals surface area contributed by atoms with Crippen molar-refractivity contribution in [2.75, 3.05) is 26.6 Å². The number of ether oxygens (including phenoxy) is 2. The summed E-state index contributed by atoms with van der Waals surface area (Å²) in [6, 6.07) is 5.66. The first-order valence-electron chi connectivity index (χ1n) is 5.25. The molecule has 0 unspecified atom stereocenters. The van der Waals surface area contributed by atoms with Gasteiger partial charge in [0.1, 0.15) is 5.88 Å². The van der Waals surface area contributed by atoms with Crippen LogP contribution in [0.2, 0.25) is 0 Å². The minimum atomic E-state index is -0.173. The molecule has 17 heavy (non-hydrogen) atoms. The Balaban J connectivity index is 2.67. The average Bonchev–Trinajstić information content (AvgIpc) is 2.37. The van der Waals surface area contributed by atoms with Crippen molar-refractivity contribution in [3.05, 3.63) is 23.8 Å². The number of nitrogens with one attached hydrogen (secondary N) is 1. The predicted octanol–water partition coefficient (Wildman–Crippen LogP) is 1.60. The van der Waals surface area contributed by atoms with E-state index in [0.29, 0.717) is 24.5 Å². The van der Waals surface area contributed by atoms with Gasteiger partial charge in [0.15, 0.2) is 11.5 Å². The predicted molar refractivity (Wildman–Crippen MR) is 67.0 cm³/mol. The van der Waals surface area contributed by atoms with Crippen molar-refractivity contribution in [2.45, 2.75) is 6.42 Å². The molecule has 0 heterocycles. The fraction of sp³-hybridized carbons (Fsp3) is 0.417. The van der Waals surface area contributed by atoms with Gasteiger partial charge < -0.3 is 14.8 Å². The van der Waals surface area contributed by atoms with Crippen molar-refractivity contribution in [1.82, 2.24) is 5.32 Å². The van der Waals surface area contributed by atoms with Gasteiger partial charge >= 0.3 is 0 Å². The molecule has 0 radical (unpaired) electrons. The van der Waals surface area contributed by atoms with Crippen molar-refractivity contribution in [2.24, 2.45) is 0 Å². The van der Waals surface area contributed by atoms with E-state index in [-0.39, 0.29) is 11.8 Å². The van der Waals surface area contributed by atoms with Crippen LogP contribution < -0.4 is 14.8 Å². The third kappa shape index (κ3) is 3.82. The molecule has 0 aliphatic heterocycles. The molecular weight excluding hydrogens is 242 g/mol. The van der Waals surface area contributed by atoms with E-state index in [1.807, 2.05) is 18.2 Å². The smallest absolute Gasteiger partial charge is 0.234 e. The van der Waals surface area contributed by atoms with E-state index in [4.69, 9.17) is 21.1 Å². The number of halogens is 1. The fourth-order valence-electron chi connectivity index (χ4n) is 1.53. The number of rotatable bonds is 6. The molecule has 0 atom stereocenters. The minimum absolute atomic E-state index is 0.0186. The number of carbonyl (C=O) groups is 1. The van der Waals surface area contributed by atoms with Gasteiger partial charge in [0.2, 0.25) is 5.91 Å². The highest BCUT2D eigenvalue weighted by Gasteiger charge is 2.09. The Bertz CT molecular complexity index is 382. The fourth-order valence-corrected chi connectivity index (χ4v) is 1.63. The first-order valence-corrected chi connectivity index (χ1v) is 5.79. The van der Waals surface area contributed by atoms with E-state index in [9.17, 15) is 4.79 Å². The molecule has 1 amide bonds. The van der Waals surface area contributed by atoms with Crippen LogP contribution in [0.15, 0.2) is 18.2 Å². The van der Waals surface area contributed by atoms with Gasteiger partial charge in [-0.15, -0.1) is 11.6 Å². The highest BCUT2D eigenvalue weighted by molar-refractivity contribution is 6.27. The lowest BCUT2D eigenvalue weighted by atomic mass is 10.1. The molecule has 1 aromatic carbocycles. The van der Waals surface area contributed by atoms with Gasteiger partial charge in [0.05, 0.1) is 14.2 Å². The van der Waals surface area contributed by atoms with Crippen LogP contribution >= 0.6 is 11.6 Å². The maximum absolute atomic E-state index is 11.0. The molecular formula is C12H16ClNO3. The molecule has 4 nitrogen and oxygen atoms in total. The van der Waals surface area contributed by atoms with Gasteiger partial charge in [0.25, 0.3) is 0 Å². The van der Waals surface area contributed by atoms with E-state index >= 15 is 0 Å². The Hall–Kier alpha value is -1.42. The molecule has 1 N–H and O–H groups in total. The van der Waals surface area contributed by atoms with E-state index in [0.717, 1.165) is 5.56 Å². The lowest BCUT2D eigenvalue weighted by molar-refractivity contribution is -0.118. The number of para-hydroxylation sites is 1. The van der Waals surface area contributed by atoms with Gasteiger partial charge in [-0.2, -0.15) is 0 Å². The Labute approximate surface area is 106 Å². The number of hydrogen-bond acceptors (Lipinski definition) is 3. The molecule has 0 fully saturated rings. The maximum Gasteiger partial charge on any atom is 0.234 e. The largest absolute Gasteiger partial charge is 0.493 e. The molecule has 5 heteroatoms. The molecule has 0 spiro atoms. The van der Waals surface area contributed by atoms with Crippen molar-refractivity contribution >= 4 is 17.5 Å². The van der Waals surface area contributed by atoms with Crippen LogP contribution in [0.3, 0.4) is 0 Å². The van der Waals surface area contributed by atoms with E-state index in [1.165, 1.54) is 0 Å². The number of hydrogen-bond donors (Lipinski definition) is 1. The molecule has 1 aromatic rings. The molecule has 0 aliphatic carbocycles. The zero-order valence-electron chi connectivity index (χ0n) is 9.96. The first-order chi connectivity index (χ1) is 8.22. The molecule has 0 aliphatic rings. The van der Waals surface area contributed by atoms with Crippen LogP contribution in [0, 0.1) is 0 Å². The van der Waals surface area contributed by atoms with Gasteiger partial charge in [0, 0.05) is 6.54 Å². The summed E-state index contributed by atoms with van der Waals surface area (Å²) < 4.78 is 10.5. The maximum atomic E-state index is 11.0. The summed E-state index contributed by atoms with van der Waals surface area (Å²) in [4.78, 5) is 11.0. The molecule has 0 aromatic heterocycles. The molecule has 0 saturated carbocycles. The van der Waals surface area contributed by atoms with Gasteiger partial charge in [-0.25, -0.2) is 0 Å². The monoisotopic (exact) mass is 257 g/mol. The minimum Gasteiger partial charge on any atom is -0.493 e. The standard InChI is InChI=1S/C12H16ClNO3/c1-16-10-5-3-4-9(12(10)17-2)6-7-14-11(15)8-13/h3-5H,6-8H2,1-2H3,(H,14,15). The van der Waals surface area contributed by atoms with Crippen molar-refractivity contribution in [3.8, 4) is 11.5 Å². The van der Waals surface area contributed by atoms with Crippen molar-refractivity contribution < 1.29 is 14.3 Å². The number of alkyl halides is 1. The summed E-state index contributed by atoms with van der Waals surface area (Å²) in [7, 11) is 3.19. The first kappa shape index (κ1) is 13.6. The summed E-state index contributed by atoms with van der Waals surface area (Å²) in [6.07, 6.45) is 0.670. The molecule has 94 valence electrons. The van der Waals surface area contributed by atoms with Gasteiger partial charge in [-0.1, -0.05) is 12.1 Å². The van der Waals surface area contributed by atoms with Crippen LogP contribution in [0.25, 0.3) is 0 Å². The number of benzene rings is 1. The SMILES string of the molecule is COc1cccc(CCNC(=O)CCl)c1OC. The number of methoxy groups -OCH3 is 2. The van der Waals surface area contributed by atoms with Gasteiger partial charge in [-0.05, 0) is 18.1 Å². The van der Waals surface area contributed by atoms with Crippen molar-refractivity contribution in [1.29, 1.82) is 0 Å².